The number of alkyl carbamates (subject to hydrolysis) is 1. The standard InChI is InChI=1S/C14H22N6O2/c1-10-17-18-12(19(10)5)9-20-8-11(7-16-20)6-15-13(21)22-14(2,3)4/h7-8H,6,9H2,1-5H3,(H,15,21). The SMILES string of the molecule is Cc1nnc(Cn2cc(CNC(=O)OC(C)(C)C)cn2)n1C. The summed E-state index contributed by atoms with van der Waals surface area (Å²) in [5.41, 5.74) is 0.391. The number of aromatic nitrogens is 5. The third-order valence-corrected chi connectivity index (χ3v) is 3.01. The second-order valence-electron chi connectivity index (χ2n) is 6.12. The highest BCUT2D eigenvalue weighted by Gasteiger charge is 2.16. The predicted octanol–water partition coefficient (Wildman–Crippen LogP) is 1.39. The van der Waals surface area contributed by atoms with Gasteiger partial charge in [0.1, 0.15) is 18.0 Å². The Morgan fingerprint density at radius 1 is 1.36 bits per heavy atom. The summed E-state index contributed by atoms with van der Waals surface area (Å²) in [7, 11) is 1.92. The molecule has 0 unspecified atom stereocenters. The maximum atomic E-state index is 11.6. The molecule has 22 heavy (non-hydrogen) atoms. The average molecular weight is 306 g/mol. The van der Waals surface area contributed by atoms with Crippen molar-refractivity contribution >= 4 is 6.09 Å². The fourth-order valence-corrected chi connectivity index (χ4v) is 1.81. The van der Waals surface area contributed by atoms with Crippen LogP contribution in [-0.2, 0) is 24.9 Å². The van der Waals surface area contributed by atoms with Gasteiger partial charge >= 0.3 is 6.09 Å². The van der Waals surface area contributed by atoms with Gasteiger partial charge in [-0.15, -0.1) is 10.2 Å². The minimum atomic E-state index is -0.503. The molecule has 2 rings (SSSR count). The van der Waals surface area contributed by atoms with Gasteiger partial charge in [0.15, 0.2) is 5.82 Å². The highest BCUT2D eigenvalue weighted by atomic mass is 16.6. The number of rotatable bonds is 4. The smallest absolute Gasteiger partial charge is 0.407 e. The lowest BCUT2D eigenvalue weighted by atomic mass is 10.2. The molecule has 0 bridgehead atoms. The molecule has 0 aromatic carbocycles. The van der Waals surface area contributed by atoms with Crippen molar-refractivity contribution in [3.8, 4) is 0 Å². The number of nitrogens with one attached hydrogen (secondary N) is 1. The number of carbonyl (C=O) groups excluding carboxylic acids is 1. The molecular formula is C14H22N6O2. The quantitative estimate of drug-likeness (QED) is 0.922. The molecule has 8 heteroatoms. The van der Waals surface area contributed by atoms with Gasteiger partial charge in [0.25, 0.3) is 0 Å². The van der Waals surface area contributed by atoms with Crippen LogP contribution >= 0.6 is 0 Å². The van der Waals surface area contributed by atoms with E-state index in [1.165, 1.54) is 0 Å². The van der Waals surface area contributed by atoms with Crippen molar-refractivity contribution < 1.29 is 9.53 Å². The fourth-order valence-electron chi connectivity index (χ4n) is 1.81. The molecule has 2 heterocycles. The van der Waals surface area contributed by atoms with Gasteiger partial charge in [-0.3, -0.25) is 4.68 Å². The number of amides is 1. The van der Waals surface area contributed by atoms with E-state index in [2.05, 4.69) is 20.6 Å². The first-order chi connectivity index (χ1) is 10.2. The molecule has 0 spiro atoms. The zero-order valence-corrected chi connectivity index (χ0v) is 13.6. The summed E-state index contributed by atoms with van der Waals surface area (Å²) in [6.45, 7) is 8.28. The van der Waals surface area contributed by atoms with Crippen molar-refractivity contribution in [1.82, 2.24) is 29.9 Å². The molecule has 2 aromatic rings. The molecular weight excluding hydrogens is 284 g/mol. The molecule has 1 amide bonds. The monoisotopic (exact) mass is 306 g/mol. The van der Waals surface area contributed by atoms with Crippen molar-refractivity contribution in [3.63, 3.8) is 0 Å². The van der Waals surface area contributed by atoms with Crippen LogP contribution in [0.4, 0.5) is 4.79 Å². The Balaban J connectivity index is 1.89. The summed E-state index contributed by atoms with van der Waals surface area (Å²) in [5.74, 6) is 1.68. The Hall–Kier alpha value is -2.38. The van der Waals surface area contributed by atoms with E-state index in [4.69, 9.17) is 4.74 Å². The summed E-state index contributed by atoms with van der Waals surface area (Å²) in [6.07, 6.45) is 3.13. The zero-order chi connectivity index (χ0) is 16.3. The van der Waals surface area contributed by atoms with Gasteiger partial charge in [-0.1, -0.05) is 0 Å². The van der Waals surface area contributed by atoms with Gasteiger partial charge < -0.3 is 14.6 Å². The lowest BCUT2D eigenvalue weighted by Gasteiger charge is -2.19. The number of ether oxygens (including phenoxy) is 1. The minimum absolute atomic E-state index is 0.368. The van der Waals surface area contributed by atoms with Gasteiger partial charge in [0.05, 0.1) is 6.20 Å². The van der Waals surface area contributed by atoms with Gasteiger partial charge in [-0.2, -0.15) is 5.10 Å². The van der Waals surface area contributed by atoms with Crippen LogP contribution in [-0.4, -0.2) is 36.2 Å². The molecule has 0 fully saturated rings. The zero-order valence-electron chi connectivity index (χ0n) is 13.6. The van der Waals surface area contributed by atoms with Crippen LogP contribution in [0.5, 0.6) is 0 Å². The Bertz CT molecular complexity index is 653. The van der Waals surface area contributed by atoms with Crippen LogP contribution < -0.4 is 5.32 Å². The number of hydrogen-bond donors (Lipinski definition) is 1. The molecule has 0 saturated heterocycles. The molecule has 0 radical (unpaired) electrons. The minimum Gasteiger partial charge on any atom is -0.444 e. The molecule has 0 aliphatic heterocycles. The Morgan fingerprint density at radius 3 is 2.68 bits per heavy atom. The highest BCUT2D eigenvalue weighted by molar-refractivity contribution is 5.67. The van der Waals surface area contributed by atoms with Crippen LogP contribution in [0.2, 0.25) is 0 Å². The van der Waals surface area contributed by atoms with Crippen LogP contribution in [0.3, 0.4) is 0 Å². The topological polar surface area (TPSA) is 86.9 Å². The molecule has 0 aliphatic carbocycles. The molecule has 0 aliphatic rings. The third kappa shape index (κ3) is 4.31. The summed E-state index contributed by atoms with van der Waals surface area (Å²) >= 11 is 0. The largest absolute Gasteiger partial charge is 0.444 e. The number of hydrogen-bond acceptors (Lipinski definition) is 5. The second kappa shape index (κ2) is 6.17. The van der Waals surface area contributed by atoms with E-state index in [1.807, 2.05) is 45.5 Å². The van der Waals surface area contributed by atoms with Gasteiger partial charge in [-0.25, -0.2) is 4.79 Å². The lowest BCUT2D eigenvalue weighted by molar-refractivity contribution is 0.0523. The summed E-state index contributed by atoms with van der Waals surface area (Å²) in [5, 5.41) is 15.1. The molecule has 120 valence electrons. The predicted molar refractivity (Wildman–Crippen MR) is 80.1 cm³/mol. The summed E-state index contributed by atoms with van der Waals surface area (Å²) < 4.78 is 8.86. The van der Waals surface area contributed by atoms with E-state index < -0.39 is 11.7 Å². The van der Waals surface area contributed by atoms with Crippen molar-refractivity contribution in [2.75, 3.05) is 0 Å². The van der Waals surface area contributed by atoms with Gasteiger partial charge in [0, 0.05) is 25.4 Å². The van der Waals surface area contributed by atoms with Crippen molar-refractivity contribution in [1.29, 1.82) is 0 Å². The first-order valence-corrected chi connectivity index (χ1v) is 7.07. The van der Waals surface area contributed by atoms with Gasteiger partial charge in [0.2, 0.25) is 0 Å². The maximum absolute atomic E-state index is 11.6. The molecule has 0 saturated carbocycles. The van der Waals surface area contributed by atoms with E-state index in [0.29, 0.717) is 13.1 Å². The normalized spacial score (nSPS) is 11.5. The number of nitrogens with zero attached hydrogens (tertiary/aromatic N) is 5. The van der Waals surface area contributed by atoms with E-state index in [9.17, 15) is 4.79 Å². The van der Waals surface area contributed by atoms with E-state index in [-0.39, 0.29) is 0 Å². The van der Waals surface area contributed by atoms with Crippen LogP contribution in [0, 0.1) is 6.92 Å². The summed E-state index contributed by atoms with van der Waals surface area (Å²) in [4.78, 5) is 11.6. The number of aryl methyl sites for hydroxylation is 1. The highest BCUT2D eigenvalue weighted by Crippen LogP contribution is 2.07. The molecule has 2 aromatic heterocycles. The number of carbonyl (C=O) groups is 1. The Kier molecular flexibility index (Phi) is 4.48. The van der Waals surface area contributed by atoms with E-state index >= 15 is 0 Å². The third-order valence-electron chi connectivity index (χ3n) is 3.01. The van der Waals surface area contributed by atoms with Crippen molar-refractivity contribution in [2.45, 2.75) is 46.4 Å². The second-order valence-corrected chi connectivity index (χ2v) is 6.12. The molecule has 1 N–H and O–H groups in total. The lowest BCUT2D eigenvalue weighted by Crippen LogP contribution is -2.32. The summed E-state index contributed by atoms with van der Waals surface area (Å²) in [6, 6.07) is 0. The van der Waals surface area contributed by atoms with E-state index in [1.54, 1.807) is 10.9 Å². The van der Waals surface area contributed by atoms with Gasteiger partial charge in [-0.05, 0) is 27.7 Å². The molecule has 0 atom stereocenters. The fraction of sp³-hybridized carbons (Fsp3) is 0.571. The molecule has 8 nitrogen and oxygen atoms in total. The van der Waals surface area contributed by atoms with Crippen LogP contribution in [0.25, 0.3) is 0 Å². The first kappa shape index (κ1) is 16.0. The Labute approximate surface area is 129 Å². The van der Waals surface area contributed by atoms with Crippen molar-refractivity contribution in [3.05, 3.63) is 29.6 Å². The van der Waals surface area contributed by atoms with Crippen LogP contribution in [0.1, 0.15) is 38.0 Å². The first-order valence-electron chi connectivity index (χ1n) is 7.07. The maximum Gasteiger partial charge on any atom is 0.407 e. The van der Waals surface area contributed by atoms with E-state index in [0.717, 1.165) is 17.2 Å². The van der Waals surface area contributed by atoms with Crippen LogP contribution in [0.15, 0.2) is 12.4 Å². The Morgan fingerprint density at radius 2 is 2.09 bits per heavy atom. The average Bonchev–Trinajstić information content (AvgIpc) is 2.97. The van der Waals surface area contributed by atoms with Crippen molar-refractivity contribution in [2.24, 2.45) is 7.05 Å².